The highest BCUT2D eigenvalue weighted by Crippen LogP contribution is 1.99. The summed E-state index contributed by atoms with van der Waals surface area (Å²) in [5.41, 5.74) is 2.63. The molecular formula is C4H8Cl2N2OS. The first-order valence-corrected chi connectivity index (χ1v) is 3.06. The summed E-state index contributed by atoms with van der Waals surface area (Å²) in [5.74, 6) is 4.78. The summed E-state index contributed by atoms with van der Waals surface area (Å²) in [6.07, 6.45) is 0. The molecule has 0 saturated heterocycles. The third-order valence-corrected chi connectivity index (χ3v) is 1.35. The summed E-state index contributed by atoms with van der Waals surface area (Å²) >= 11 is 1.53. The Hall–Kier alpha value is 0.130. The van der Waals surface area contributed by atoms with Crippen LogP contribution >= 0.6 is 36.2 Å². The fourth-order valence-electron chi connectivity index (χ4n) is 0.394. The van der Waals surface area contributed by atoms with Gasteiger partial charge in [-0.3, -0.25) is 4.84 Å². The molecule has 3 nitrogen and oxygen atoms in total. The van der Waals surface area contributed by atoms with Crippen LogP contribution in [0.3, 0.4) is 0 Å². The lowest BCUT2D eigenvalue weighted by molar-refractivity contribution is 0.122. The second-order valence-electron chi connectivity index (χ2n) is 1.29. The molecule has 1 rings (SSSR count). The van der Waals surface area contributed by atoms with Crippen LogP contribution in [0.5, 0.6) is 0 Å². The number of aromatic nitrogens is 1. The summed E-state index contributed by atoms with van der Waals surface area (Å²) in [6.45, 7) is 0.406. The van der Waals surface area contributed by atoms with Crippen LogP contribution in [0.2, 0.25) is 0 Å². The van der Waals surface area contributed by atoms with E-state index in [9.17, 15) is 0 Å². The molecule has 0 aliphatic rings. The summed E-state index contributed by atoms with van der Waals surface area (Å²) in [4.78, 5) is 8.25. The van der Waals surface area contributed by atoms with Crippen LogP contribution in [0.15, 0.2) is 10.9 Å². The Kier molecular flexibility index (Phi) is 9.25. The number of hydrogen-bond donors (Lipinski definition) is 1. The highest BCUT2D eigenvalue weighted by Gasteiger charge is 1.89. The molecule has 0 bridgehead atoms. The van der Waals surface area contributed by atoms with Gasteiger partial charge >= 0.3 is 0 Å². The third kappa shape index (κ3) is 4.03. The first kappa shape index (κ1) is 12.8. The van der Waals surface area contributed by atoms with Gasteiger partial charge in [0.2, 0.25) is 0 Å². The largest absolute Gasteiger partial charge is 0.298 e. The zero-order valence-electron chi connectivity index (χ0n) is 5.02. The van der Waals surface area contributed by atoms with Crippen molar-refractivity contribution in [1.82, 2.24) is 4.98 Å². The molecule has 2 N–H and O–H groups in total. The number of halogens is 2. The minimum atomic E-state index is 0. The van der Waals surface area contributed by atoms with E-state index in [-0.39, 0.29) is 24.8 Å². The van der Waals surface area contributed by atoms with Crippen LogP contribution in [-0.4, -0.2) is 4.98 Å². The second-order valence-corrected chi connectivity index (χ2v) is 2.01. The fraction of sp³-hybridized carbons (Fsp3) is 0.250. The standard InChI is InChI=1S/C4H6N2OS.2ClH/c5-7-1-4-2-8-3-6-4;;/h2-3H,1,5H2;2*1H. The molecule has 0 spiro atoms. The quantitative estimate of drug-likeness (QED) is 0.738. The van der Waals surface area contributed by atoms with Crippen molar-refractivity contribution in [3.8, 4) is 0 Å². The number of thiazole rings is 1. The van der Waals surface area contributed by atoms with E-state index in [1.807, 2.05) is 5.38 Å². The first-order valence-electron chi connectivity index (χ1n) is 2.12. The van der Waals surface area contributed by atoms with Crippen molar-refractivity contribution < 1.29 is 4.84 Å². The maximum Gasteiger partial charge on any atom is 0.111 e. The van der Waals surface area contributed by atoms with Crippen molar-refractivity contribution in [2.75, 3.05) is 0 Å². The van der Waals surface area contributed by atoms with Crippen molar-refractivity contribution >= 4 is 36.2 Å². The first-order chi connectivity index (χ1) is 3.93. The number of nitrogens with zero attached hydrogens (tertiary/aromatic N) is 1. The Morgan fingerprint density at radius 3 is 2.70 bits per heavy atom. The lowest BCUT2D eigenvalue weighted by Crippen LogP contribution is -1.98. The molecule has 0 fully saturated rings. The number of nitrogens with two attached hydrogens (primary N) is 1. The second kappa shape index (κ2) is 7.24. The Balaban J connectivity index is 0. The van der Waals surface area contributed by atoms with E-state index in [1.165, 1.54) is 11.3 Å². The summed E-state index contributed by atoms with van der Waals surface area (Å²) in [5, 5.41) is 1.90. The molecule has 0 amide bonds. The van der Waals surface area contributed by atoms with Gasteiger partial charge < -0.3 is 0 Å². The van der Waals surface area contributed by atoms with Crippen LogP contribution < -0.4 is 5.90 Å². The maximum atomic E-state index is 4.78. The smallest absolute Gasteiger partial charge is 0.111 e. The minimum Gasteiger partial charge on any atom is -0.298 e. The van der Waals surface area contributed by atoms with Crippen molar-refractivity contribution in [3.05, 3.63) is 16.6 Å². The molecule has 0 radical (unpaired) electrons. The topological polar surface area (TPSA) is 48.1 Å². The summed E-state index contributed by atoms with van der Waals surface area (Å²) in [6, 6.07) is 0. The van der Waals surface area contributed by atoms with E-state index in [1.54, 1.807) is 5.51 Å². The average Bonchev–Trinajstić information content (AvgIpc) is 2.19. The van der Waals surface area contributed by atoms with Gasteiger partial charge in [0, 0.05) is 5.38 Å². The van der Waals surface area contributed by atoms with Gasteiger partial charge in [-0.2, -0.15) is 0 Å². The van der Waals surface area contributed by atoms with Crippen molar-refractivity contribution in [2.24, 2.45) is 5.90 Å². The Labute approximate surface area is 75.4 Å². The molecule has 1 heterocycles. The van der Waals surface area contributed by atoms with Crippen LogP contribution in [0, 0.1) is 0 Å². The Morgan fingerprint density at radius 2 is 2.30 bits per heavy atom. The molecule has 60 valence electrons. The predicted octanol–water partition coefficient (Wildman–Crippen LogP) is 1.38. The lowest BCUT2D eigenvalue weighted by atomic mass is 10.5. The zero-order chi connectivity index (χ0) is 5.82. The number of hydrogen-bond acceptors (Lipinski definition) is 4. The van der Waals surface area contributed by atoms with E-state index in [2.05, 4.69) is 9.82 Å². The average molecular weight is 203 g/mol. The van der Waals surface area contributed by atoms with Gasteiger partial charge in [0.15, 0.2) is 0 Å². The van der Waals surface area contributed by atoms with Gasteiger partial charge in [0.05, 0.1) is 11.2 Å². The van der Waals surface area contributed by atoms with Crippen LogP contribution in [0.25, 0.3) is 0 Å². The van der Waals surface area contributed by atoms with Crippen LogP contribution in [0.4, 0.5) is 0 Å². The maximum absolute atomic E-state index is 4.78. The summed E-state index contributed by atoms with van der Waals surface area (Å²) < 4.78 is 0. The van der Waals surface area contributed by atoms with Crippen molar-refractivity contribution in [2.45, 2.75) is 6.61 Å². The molecule has 0 atom stereocenters. The SMILES string of the molecule is Cl.Cl.NOCc1cscn1. The van der Waals surface area contributed by atoms with Gasteiger partial charge in [-0.1, -0.05) is 0 Å². The lowest BCUT2D eigenvalue weighted by Gasteiger charge is -1.87. The van der Waals surface area contributed by atoms with Crippen molar-refractivity contribution in [1.29, 1.82) is 0 Å². The predicted molar refractivity (Wildman–Crippen MR) is 45.6 cm³/mol. The summed E-state index contributed by atoms with van der Waals surface area (Å²) in [7, 11) is 0. The van der Waals surface area contributed by atoms with E-state index in [4.69, 9.17) is 5.90 Å². The number of rotatable bonds is 2. The van der Waals surface area contributed by atoms with Crippen LogP contribution in [0.1, 0.15) is 5.69 Å². The molecular weight excluding hydrogens is 195 g/mol. The van der Waals surface area contributed by atoms with Gasteiger partial charge in [0.1, 0.15) is 6.61 Å². The van der Waals surface area contributed by atoms with Crippen molar-refractivity contribution in [3.63, 3.8) is 0 Å². The van der Waals surface area contributed by atoms with Gasteiger partial charge in [-0.05, 0) is 0 Å². The van der Waals surface area contributed by atoms with E-state index >= 15 is 0 Å². The minimum absolute atomic E-state index is 0. The van der Waals surface area contributed by atoms with Gasteiger partial charge in [-0.25, -0.2) is 10.9 Å². The fourth-order valence-corrected chi connectivity index (χ4v) is 0.937. The normalized spacial score (nSPS) is 7.70. The van der Waals surface area contributed by atoms with Crippen LogP contribution in [-0.2, 0) is 11.4 Å². The molecule has 0 saturated carbocycles. The van der Waals surface area contributed by atoms with Gasteiger partial charge in [0.25, 0.3) is 0 Å². The monoisotopic (exact) mass is 202 g/mol. The molecule has 0 aliphatic carbocycles. The van der Waals surface area contributed by atoms with E-state index < -0.39 is 0 Å². The molecule has 0 aromatic carbocycles. The highest BCUT2D eigenvalue weighted by atomic mass is 35.5. The third-order valence-electron chi connectivity index (χ3n) is 0.715. The zero-order valence-corrected chi connectivity index (χ0v) is 7.47. The van der Waals surface area contributed by atoms with Gasteiger partial charge in [-0.15, -0.1) is 36.2 Å². The molecule has 1 aromatic heterocycles. The Bertz CT molecular complexity index is 147. The molecule has 10 heavy (non-hydrogen) atoms. The molecule has 0 aliphatic heterocycles. The van der Waals surface area contributed by atoms with E-state index in [0.29, 0.717) is 6.61 Å². The molecule has 1 aromatic rings. The molecule has 0 unspecified atom stereocenters. The highest BCUT2D eigenvalue weighted by molar-refractivity contribution is 7.07. The molecule has 6 heteroatoms. The van der Waals surface area contributed by atoms with E-state index in [0.717, 1.165) is 5.69 Å². The Morgan fingerprint density at radius 1 is 1.60 bits per heavy atom.